The normalized spacial score (nSPS) is 10.1. The predicted molar refractivity (Wildman–Crippen MR) is 66.6 cm³/mol. The summed E-state index contributed by atoms with van der Waals surface area (Å²) in [5.41, 5.74) is 3.71. The predicted octanol–water partition coefficient (Wildman–Crippen LogP) is 2.77. The third kappa shape index (κ3) is 1.80. The van der Waals surface area contributed by atoms with Crippen molar-refractivity contribution in [1.82, 2.24) is 14.8 Å². The Morgan fingerprint density at radius 3 is 2.69 bits per heavy atom. The second kappa shape index (κ2) is 4.14. The first-order chi connectivity index (χ1) is 7.74. The Balaban J connectivity index is 2.51. The molecule has 2 aromatic heterocycles. The van der Waals surface area contributed by atoms with Crippen molar-refractivity contribution in [2.75, 3.05) is 0 Å². The maximum atomic E-state index is 4.33. The van der Waals surface area contributed by atoms with Gasteiger partial charge < -0.3 is 0 Å². The average Bonchev–Trinajstić information content (AvgIpc) is 2.75. The lowest BCUT2D eigenvalue weighted by Crippen LogP contribution is -1.91. The van der Waals surface area contributed by atoms with Gasteiger partial charge in [-0.1, -0.05) is 19.2 Å². The first-order valence-electron chi connectivity index (χ1n) is 4.99. The van der Waals surface area contributed by atoms with Crippen molar-refractivity contribution in [2.45, 2.75) is 0 Å². The van der Waals surface area contributed by atoms with Crippen molar-refractivity contribution in [3.63, 3.8) is 0 Å². The topological polar surface area (TPSA) is 30.7 Å². The molecule has 0 fully saturated rings. The Morgan fingerprint density at radius 2 is 2.12 bits per heavy atom. The molecule has 0 amide bonds. The van der Waals surface area contributed by atoms with E-state index in [4.69, 9.17) is 0 Å². The Labute approximate surface area is 94.8 Å². The van der Waals surface area contributed by atoms with Gasteiger partial charge in [-0.3, -0.25) is 9.67 Å². The SMILES string of the molecule is C=Cc1cc(-c2ccn(C)n2)cnc1C=C. The van der Waals surface area contributed by atoms with E-state index in [1.54, 1.807) is 23.0 Å². The summed E-state index contributed by atoms with van der Waals surface area (Å²) in [5.74, 6) is 0. The molecular weight excluding hydrogens is 198 g/mol. The smallest absolute Gasteiger partial charge is 0.0938 e. The van der Waals surface area contributed by atoms with Crippen LogP contribution in [0.25, 0.3) is 23.4 Å². The number of rotatable bonds is 3. The van der Waals surface area contributed by atoms with Crippen molar-refractivity contribution in [1.29, 1.82) is 0 Å². The lowest BCUT2D eigenvalue weighted by atomic mass is 10.1. The quantitative estimate of drug-likeness (QED) is 0.781. The summed E-state index contributed by atoms with van der Waals surface area (Å²) in [5, 5.41) is 4.33. The number of hydrogen-bond acceptors (Lipinski definition) is 2. The summed E-state index contributed by atoms with van der Waals surface area (Å²) in [4.78, 5) is 4.32. The van der Waals surface area contributed by atoms with Crippen LogP contribution < -0.4 is 0 Å². The minimum absolute atomic E-state index is 0.842. The van der Waals surface area contributed by atoms with Crippen molar-refractivity contribution >= 4 is 12.2 Å². The van der Waals surface area contributed by atoms with Crippen LogP contribution in [0, 0.1) is 0 Å². The van der Waals surface area contributed by atoms with Gasteiger partial charge in [0.25, 0.3) is 0 Å². The van der Waals surface area contributed by atoms with E-state index in [0.717, 1.165) is 22.5 Å². The largest absolute Gasteiger partial charge is 0.275 e. The van der Waals surface area contributed by atoms with E-state index >= 15 is 0 Å². The summed E-state index contributed by atoms with van der Waals surface area (Å²) in [7, 11) is 1.89. The lowest BCUT2D eigenvalue weighted by molar-refractivity contribution is 0.771. The van der Waals surface area contributed by atoms with Crippen molar-refractivity contribution < 1.29 is 0 Å². The molecule has 0 radical (unpaired) electrons. The van der Waals surface area contributed by atoms with Crippen LogP contribution in [0.5, 0.6) is 0 Å². The fourth-order valence-corrected chi connectivity index (χ4v) is 1.54. The van der Waals surface area contributed by atoms with Gasteiger partial charge in [-0.15, -0.1) is 0 Å². The third-order valence-corrected chi connectivity index (χ3v) is 2.37. The molecule has 2 rings (SSSR count). The zero-order valence-corrected chi connectivity index (χ0v) is 9.22. The molecule has 0 saturated heterocycles. The molecule has 3 heteroatoms. The lowest BCUT2D eigenvalue weighted by Gasteiger charge is -2.02. The molecule has 0 aliphatic rings. The summed E-state index contributed by atoms with van der Waals surface area (Å²) >= 11 is 0. The standard InChI is InChI=1S/C13H13N3/c1-4-10-8-11(9-14-12(10)5-2)13-6-7-16(3)15-13/h4-9H,1-2H2,3H3. The molecule has 0 unspecified atom stereocenters. The Hall–Kier alpha value is -2.16. The summed E-state index contributed by atoms with van der Waals surface area (Å²) in [6.07, 6.45) is 7.20. The summed E-state index contributed by atoms with van der Waals surface area (Å²) in [6, 6.07) is 3.97. The van der Waals surface area contributed by atoms with Gasteiger partial charge in [0.2, 0.25) is 0 Å². The van der Waals surface area contributed by atoms with E-state index in [-0.39, 0.29) is 0 Å². The Morgan fingerprint density at radius 1 is 1.31 bits per heavy atom. The van der Waals surface area contributed by atoms with Crippen LogP contribution in [0.4, 0.5) is 0 Å². The monoisotopic (exact) mass is 211 g/mol. The van der Waals surface area contributed by atoms with Gasteiger partial charge in [-0.25, -0.2) is 0 Å². The molecule has 16 heavy (non-hydrogen) atoms. The summed E-state index contributed by atoms with van der Waals surface area (Å²) in [6.45, 7) is 7.48. The summed E-state index contributed by atoms with van der Waals surface area (Å²) < 4.78 is 1.77. The molecule has 80 valence electrons. The molecule has 0 aliphatic carbocycles. The van der Waals surface area contributed by atoms with Crippen LogP contribution in [0.1, 0.15) is 11.3 Å². The van der Waals surface area contributed by atoms with E-state index in [2.05, 4.69) is 23.2 Å². The fraction of sp³-hybridized carbons (Fsp3) is 0.0769. The molecule has 2 aromatic rings. The second-order valence-corrected chi connectivity index (χ2v) is 3.48. The molecule has 0 aromatic carbocycles. The minimum atomic E-state index is 0.842. The second-order valence-electron chi connectivity index (χ2n) is 3.48. The number of nitrogens with zero attached hydrogens (tertiary/aromatic N) is 3. The zero-order chi connectivity index (χ0) is 11.5. The zero-order valence-electron chi connectivity index (χ0n) is 9.22. The average molecular weight is 211 g/mol. The van der Waals surface area contributed by atoms with Gasteiger partial charge in [0.15, 0.2) is 0 Å². The van der Waals surface area contributed by atoms with Gasteiger partial charge in [0.1, 0.15) is 0 Å². The van der Waals surface area contributed by atoms with Gasteiger partial charge >= 0.3 is 0 Å². The van der Waals surface area contributed by atoms with E-state index in [9.17, 15) is 0 Å². The van der Waals surface area contributed by atoms with Gasteiger partial charge in [0.05, 0.1) is 11.4 Å². The van der Waals surface area contributed by atoms with Crippen molar-refractivity contribution in [2.24, 2.45) is 7.05 Å². The van der Waals surface area contributed by atoms with Crippen LogP contribution in [0.2, 0.25) is 0 Å². The fourth-order valence-electron chi connectivity index (χ4n) is 1.54. The van der Waals surface area contributed by atoms with E-state index in [1.807, 2.05) is 25.4 Å². The highest BCUT2D eigenvalue weighted by atomic mass is 15.2. The minimum Gasteiger partial charge on any atom is -0.275 e. The molecule has 0 atom stereocenters. The van der Waals surface area contributed by atoms with E-state index < -0.39 is 0 Å². The van der Waals surface area contributed by atoms with Gasteiger partial charge in [0, 0.05) is 30.6 Å². The first kappa shape index (κ1) is 10.4. The Bertz CT molecular complexity index is 538. The Kier molecular flexibility index (Phi) is 2.68. The van der Waals surface area contributed by atoms with Crippen molar-refractivity contribution in [3.05, 3.63) is 48.9 Å². The molecule has 0 N–H and O–H groups in total. The van der Waals surface area contributed by atoms with Gasteiger partial charge in [-0.2, -0.15) is 5.10 Å². The van der Waals surface area contributed by atoms with Crippen LogP contribution in [0.15, 0.2) is 37.7 Å². The highest BCUT2D eigenvalue weighted by Gasteiger charge is 2.04. The highest BCUT2D eigenvalue weighted by molar-refractivity contribution is 5.68. The number of aromatic nitrogens is 3. The number of aryl methyl sites for hydroxylation is 1. The number of hydrogen-bond donors (Lipinski definition) is 0. The molecule has 0 aliphatic heterocycles. The van der Waals surface area contributed by atoms with Crippen LogP contribution in [-0.2, 0) is 7.05 Å². The van der Waals surface area contributed by atoms with E-state index in [0.29, 0.717) is 0 Å². The molecule has 0 saturated carbocycles. The van der Waals surface area contributed by atoms with Crippen LogP contribution in [-0.4, -0.2) is 14.8 Å². The van der Waals surface area contributed by atoms with E-state index in [1.165, 1.54) is 0 Å². The molecule has 0 spiro atoms. The van der Waals surface area contributed by atoms with Gasteiger partial charge in [-0.05, 0) is 18.2 Å². The highest BCUT2D eigenvalue weighted by Crippen LogP contribution is 2.20. The maximum Gasteiger partial charge on any atom is 0.0938 e. The molecule has 3 nitrogen and oxygen atoms in total. The van der Waals surface area contributed by atoms with Crippen LogP contribution >= 0.6 is 0 Å². The first-order valence-corrected chi connectivity index (χ1v) is 4.99. The maximum absolute atomic E-state index is 4.33. The molecular formula is C13H13N3. The number of pyridine rings is 1. The van der Waals surface area contributed by atoms with Crippen molar-refractivity contribution in [3.8, 4) is 11.3 Å². The van der Waals surface area contributed by atoms with Crippen LogP contribution in [0.3, 0.4) is 0 Å². The molecule has 0 bridgehead atoms. The molecule has 2 heterocycles. The third-order valence-electron chi connectivity index (χ3n) is 2.37.